The standard InChI is InChI=1S/C13H20N6O/c1-19-11-9(7-16-19)10(14)17-12(18-11)15-8-13(20)5-3-2-4-6-13/h7,20H,2-6,8H2,1H3,(H3,14,15,17,18). The number of aryl methyl sites for hydroxylation is 1. The molecule has 1 aliphatic carbocycles. The highest BCUT2D eigenvalue weighted by atomic mass is 16.3. The maximum Gasteiger partial charge on any atom is 0.226 e. The van der Waals surface area contributed by atoms with Crippen molar-refractivity contribution in [2.45, 2.75) is 37.7 Å². The van der Waals surface area contributed by atoms with Gasteiger partial charge in [-0.25, -0.2) is 0 Å². The third-order valence-electron chi connectivity index (χ3n) is 3.98. The molecule has 3 rings (SSSR count). The molecule has 2 aromatic rings. The molecule has 0 amide bonds. The highest BCUT2D eigenvalue weighted by molar-refractivity contribution is 5.86. The maximum absolute atomic E-state index is 10.5. The van der Waals surface area contributed by atoms with Crippen LogP contribution < -0.4 is 11.1 Å². The van der Waals surface area contributed by atoms with Gasteiger partial charge in [0.25, 0.3) is 0 Å². The number of anilines is 2. The molecule has 0 atom stereocenters. The Labute approximate surface area is 117 Å². The van der Waals surface area contributed by atoms with Crippen molar-refractivity contribution in [3.05, 3.63) is 6.20 Å². The second-order valence-corrected chi connectivity index (χ2v) is 5.58. The van der Waals surface area contributed by atoms with Gasteiger partial charge in [0, 0.05) is 13.6 Å². The number of aliphatic hydroxyl groups is 1. The van der Waals surface area contributed by atoms with Gasteiger partial charge in [0.05, 0.1) is 17.2 Å². The molecule has 0 bridgehead atoms. The van der Waals surface area contributed by atoms with Crippen LogP contribution >= 0.6 is 0 Å². The molecule has 1 aliphatic rings. The SMILES string of the molecule is Cn1ncc2c(N)nc(NCC3(O)CCCCC3)nc21. The summed E-state index contributed by atoms with van der Waals surface area (Å²) in [6.07, 6.45) is 6.65. The number of rotatable bonds is 3. The van der Waals surface area contributed by atoms with Gasteiger partial charge in [0.15, 0.2) is 5.65 Å². The van der Waals surface area contributed by atoms with E-state index >= 15 is 0 Å². The van der Waals surface area contributed by atoms with E-state index in [2.05, 4.69) is 20.4 Å². The molecule has 2 heterocycles. The monoisotopic (exact) mass is 276 g/mol. The number of nitrogens with one attached hydrogen (secondary N) is 1. The van der Waals surface area contributed by atoms with Crippen LogP contribution in [0.25, 0.3) is 11.0 Å². The number of nitrogens with zero attached hydrogens (tertiary/aromatic N) is 4. The molecule has 108 valence electrons. The lowest BCUT2D eigenvalue weighted by atomic mass is 9.85. The summed E-state index contributed by atoms with van der Waals surface area (Å²) >= 11 is 0. The van der Waals surface area contributed by atoms with Crippen molar-refractivity contribution in [1.82, 2.24) is 19.7 Å². The lowest BCUT2D eigenvalue weighted by Crippen LogP contribution is -2.39. The lowest BCUT2D eigenvalue weighted by molar-refractivity contribution is 0.0166. The molecule has 0 radical (unpaired) electrons. The molecule has 0 unspecified atom stereocenters. The first-order chi connectivity index (χ1) is 9.57. The molecule has 7 heteroatoms. The highest BCUT2D eigenvalue weighted by Gasteiger charge is 2.29. The first kappa shape index (κ1) is 13.1. The van der Waals surface area contributed by atoms with Crippen molar-refractivity contribution in [3.8, 4) is 0 Å². The summed E-state index contributed by atoms with van der Waals surface area (Å²) in [7, 11) is 1.81. The third-order valence-corrected chi connectivity index (χ3v) is 3.98. The van der Waals surface area contributed by atoms with Gasteiger partial charge in [0.2, 0.25) is 5.95 Å². The zero-order valence-electron chi connectivity index (χ0n) is 11.6. The molecular weight excluding hydrogens is 256 g/mol. The van der Waals surface area contributed by atoms with Crippen LogP contribution in [0.2, 0.25) is 0 Å². The minimum Gasteiger partial charge on any atom is -0.388 e. The van der Waals surface area contributed by atoms with Gasteiger partial charge >= 0.3 is 0 Å². The van der Waals surface area contributed by atoms with Crippen LogP contribution in [0.4, 0.5) is 11.8 Å². The quantitative estimate of drug-likeness (QED) is 0.774. The van der Waals surface area contributed by atoms with Crippen molar-refractivity contribution in [1.29, 1.82) is 0 Å². The van der Waals surface area contributed by atoms with Crippen LogP contribution in [0.5, 0.6) is 0 Å². The Balaban J connectivity index is 1.78. The van der Waals surface area contributed by atoms with Gasteiger partial charge < -0.3 is 16.2 Å². The second-order valence-electron chi connectivity index (χ2n) is 5.58. The fourth-order valence-corrected chi connectivity index (χ4v) is 2.75. The van der Waals surface area contributed by atoms with Crippen molar-refractivity contribution < 1.29 is 5.11 Å². The summed E-state index contributed by atoms with van der Waals surface area (Å²) in [6.45, 7) is 0.454. The summed E-state index contributed by atoms with van der Waals surface area (Å²) < 4.78 is 1.66. The van der Waals surface area contributed by atoms with Gasteiger partial charge in [-0.05, 0) is 12.8 Å². The molecule has 2 aromatic heterocycles. The molecule has 0 aliphatic heterocycles. The van der Waals surface area contributed by atoms with Crippen LogP contribution in [0, 0.1) is 0 Å². The Bertz CT molecular complexity index is 617. The van der Waals surface area contributed by atoms with E-state index in [0.717, 1.165) is 31.1 Å². The van der Waals surface area contributed by atoms with Crippen molar-refractivity contribution >= 4 is 22.8 Å². The third kappa shape index (κ3) is 2.40. The zero-order valence-corrected chi connectivity index (χ0v) is 11.6. The molecule has 0 aromatic carbocycles. The fourth-order valence-electron chi connectivity index (χ4n) is 2.75. The van der Waals surface area contributed by atoms with E-state index in [1.54, 1.807) is 10.9 Å². The van der Waals surface area contributed by atoms with Gasteiger partial charge in [-0.15, -0.1) is 0 Å². The molecule has 7 nitrogen and oxygen atoms in total. The van der Waals surface area contributed by atoms with Crippen LogP contribution in [0.3, 0.4) is 0 Å². The second kappa shape index (κ2) is 4.90. The van der Waals surface area contributed by atoms with Gasteiger partial charge in [-0.2, -0.15) is 15.1 Å². The van der Waals surface area contributed by atoms with Gasteiger partial charge in [-0.1, -0.05) is 19.3 Å². The van der Waals surface area contributed by atoms with E-state index < -0.39 is 5.60 Å². The topological polar surface area (TPSA) is 102 Å². The molecule has 4 N–H and O–H groups in total. The number of fused-ring (bicyclic) bond motifs is 1. The average molecular weight is 276 g/mol. The Morgan fingerprint density at radius 3 is 2.85 bits per heavy atom. The first-order valence-electron chi connectivity index (χ1n) is 6.99. The van der Waals surface area contributed by atoms with Crippen molar-refractivity contribution in [2.75, 3.05) is 17.6 Å². The lowest BCUT2D eigenvalue weighted by Gasteiger charge is -2.32. The summed E-state index contributed by atoms with van der Waals surface area (Å²) in [4.78, 5) is 8.62. The number of hydrogen-bond donors (Lipinski definition) is 3. The van der Waals surface area contributed by atoms with Crippen LogP contribution in [0.1, 0.15) is 32.1 Å². The van der Waals surface area contributed by atoms with Crippen LogP contribution in [0.15, 0.2) is 6.20 Å². The predicted molar refractivity (Wildman–Crippen MR) is 77.2 cm³/mol. The molecule has 1 fully saturated rings. The van der Waals surface area contributed by atoms with E-state index in [1.165, 1.54) is 6.42 Å². The molecule has 0 spiro atoms. The van der Waals surface area contributed by atoms with E-state index in [-0.39, 0.29) is 0 Å². The number of nitrogens with two attached hydrogens (primary N) is 1. The Hall–Kier alpha value is -1.89. The highest BCUT2D eigenvalue weighted by Crippen LogP contribution is 2.28. The first-order valence-corrected chi connectivity index (χ1v) is 6.99. The van der Waals surface area contributed by atoms with Crippen molar-refractivity contribution in [2.24, 2.45) is 7.05 Å². The minimum atomic E-state index is -0.655. The van der Waals surface area contributed by atoms with Gasteiger partial charge in [0.1, 0.15) is 5.82 Å². The predicted octanol–water partition coefficient (Wildman–Crippen LogP) is 1.05. The Kier molecular flexibility index (Phi) is 3.21. The fraction of sp³-hybridized carbons (Fsp3) is 0.615. The number of aromatic nitrogens is 4. The van der Waals surface area contributed by atoms with Crippen LogP contribution in [-0.4, -0.2) is 37.0 Å². The summed E-state index contributed by atoms with van der Waals surface area (Å²) in [6, 6.07) is 0. The molecule has 20 heavy (non-hydrogen) atoms. The Morgan fingerprint density at radius 2 is 2.10 bits per heavy atom. The largest absolute Gasteiger partial charge is 0.388 e. The molecule has 1 saturated carbocycles. The smallest absolute Gasteiger partial charge is 0.226 e. The van der Waals surface area contributed by atoms with Crippen LogP contribution in [-0.2, 0) is 7.05 Å². The molecule has 0 saturated heterocycles. The van der Waals surface area contributed by atoms with E-state index in [1.807, 2.05) is 7.05 Å². The Morgan fingerprint density at radius 1 is 1.35 bits per heavy atom. The van der Waals surface area contributed by atoms with Gasteiger partial charge in [-0.3, -0.25) is 4.68 Å². The normalized spacial score (nSPS) is 18.3. The number of hydrogen-bond acceptors (Lipinski definition) is 6. The maximum atomic E-state index is 10.5. The van der Waals surface area contributed by atoms with E-state index in [9.17, 15) is 5.11 Å². The minimum absolute atomic E-state index is 0.404. The summed E-state index contributed by atoms with van der Waals surface area (Å²) in [5, 5.41) is 18.4. The number of nitrogen functional groups attached to an aromatic ring is 1. The summed E-state index contributed by atoms with van der Waals surface area (Å²) in [5.41, 5.74) is 5.94. The summed E-state index contributed by atoms with van der Waals surface area (Å²) in [5.74, 6) is 0.846. The average Bonchev–Trinajstić information content (AvgIpc) is 2.80. The van der Waals surface area contributed by atoms with E-state index in [4.69, 9.17) is 5.73 Å². The zero-order chi connectivity index (χ0) is 14.2. The molecular formula is C13H20N6O. The van der Waals surface area contributed by atoms with E-state index in [0.29, 0.717) is 24.0 Å². The van der Waals surface area contributed by atoms with Crippen molar-refractivity contribution in [3.63, 3.8) is 0 Å².